The number of nitrogens with one attached hydrogen (secondary N) is 2. The molecular formula is C12H12N4O3. The monoisotopic (exact) mass is 260 g/mol. The molecule has 1 amide bonds. The molecule has 0 fully saturated rings. The standard InChI is InChI=1S/C12H12N4O3/c1-8-6-10(16(18)19)2-3-11(8)12(17)13-7-9-4-5-14-15-9/h2-6H,7H2,1H3,(H,13,17)(H,14,15). The Balaban J connectivity index is 2.09. The zero-order valence-electron chi connectivity index (χ0n) is 10.2. The third-order valence-corrected chi connectivity index (χ3v) is 2.66. The summed E-state index contributed by atoms with van der Waals surface area (Å²) in [4.78, 5) is 22.0. The molecule has 1 heterocycles. The zero-order chi connectivity index (χ0) is 13.8. The minimum atomic E-state index is -0.487. The molecule has 0 aliphatic rings. The number of hydrogen-bond donors (Lipinski definition) is 2. The first kappa shape index (κ1) is 12.7. The minimum Gasteiger partial charge on any atom is -0.346 e. The van der Waals surface area contributed by atoms with Gasteiger partial charge in [0.2, 0.25) is 0 Å². The van der Waals surface area contributed by atoms with Crippen LogP contribution in [-0.4, -0.2) is 21.0 Å². The lowest BCUT2D eigenvalue weighted by Crippen LogP contribution is -2.23. The molecule has 0 aliphatic carbocycles. The molecule has 0 spiro atoms. The Bertz CT molecular complexity index is 607. The van der Waals surface area contributed by atoms with Crippen LogP contribution < -0.4 is 5.32 Å². The maximum atomic E-state index is 11.9. The van der Waals surface area contributed by atoms with Gasteiger partial charge in [0.05, 0.1) is 17.2 Å². The molecule has 2 N–H and O–H groups in total. The molecule has 0 radical (unpaired) electrons. The second-order valence-electron chi connectivity index (χ2n) is 4.02. The molecule has 1 aromatic heterocycles. The summed E-state index contributed by atoms with van der Waals surface area (Å²) in [6.07, 6.45) is 1.60. The summed E-state index contributed by atoms with van der Waals surface area (Å²) >= 11 is 0. The van der Waals surface area contributed by atoms with Crippen LogP contribution in [-0.2, 0) is 6.54 Å². The number of nitro benzene ring substituents is 1. The van der Waals surface area contributed by atoms with E-state index in [4.69, 9.17) is 0 Å². The van der Waals surface area contributed by atoms with E-state index in [1.54, 1.807) is 19.2 Å². The first-order valence-corrected chi connectivity index (χ1v) is 5.59. The highest BCUT2D eigenvalue weighted by Crippen LogP contribution is 2.17. The van der Waals surface area contributed by atoms with E-state index in [1.165, 1.54) is 18.2 Å². The van der Waals surface area contributed by atoms with Gasteiger partial charge in [-0.15, -0.1) is 0 Å². The molecule has 98 valence electrons. The van der Waals surface area contributed by atoms with Crippen molar-refractivity contribution >= 4 is 11.6 Å². The van der Waals surface area contributed by atoms with Gasteiger partial charge in [-0.1, -0.05) is 0 Å². The third-order valence-electron chi connectivity index (χ3n) is 2.66. The van der Waals surface area contributed by atoms with Gasteiger partial charge in [-0.2, -0.15) is 5.10 Å². The quantitative estimate of drug-likeness (QED) is 0.643. The Hall–Kier alpha value is -2.70. The van der Waals surface area contributed by atoms with Crippen molar-refractivity contribution in [2.75, 3.05) is 0 Å². The van der Waals surface area contributed by atoms with Crippen molar-refractivity contribution in [3.8, 4) is 0 Å². The van der Waals surface area contributed by atoms with Gasteiger partial charge in [0.15, 0.2) is 0 Å². The topological polar surface area (TPSA) is 101 Å². The highest BCUT2D eigenvalue weighted by atomic mass is 16.6. The minimum absolute atomic E-state index is 0.0254. The van der Waals surface area contributed by atoms with Gasteiger partial charge in [0.25, 0.3) is 11.6 Å². The second kappa shape index (κ2) is 5.30. The van der Waals surface area contributed by atoms with E-state index in [9.17, 15) is 14.9 Å². The number of hydrogen-bond acceptors (Lipinski definition) is 4. The Morgan fingerprint density at radius 1 is 1.47 bits per heavy atom. The van der Waals surface area contributed by atoms with Gasteiger partial charge in [0.1, 0.15) is 0 Å². The van der Waals surface area contributed by atoms with Crippen molar-refractivity contribution in [1.29, 1.82) is 0 Å². The van der Waals surface area contributed by atoms with Gasteiger partial charge in [-0.05, 0) is 24.6 Å². The number of nitrogens with zero attached hydrogens (tertiary/aromatic N) is 2. The van der Waals surface area contributed by atoms with Crippen molar-refractivity contribution in [3.05, 3.63) is 57.4 Å². The maximum absolute atomic E-state index is 11.9. The molecule has 7 nitrogen and oxygen atoms in total. The SMILES string of the molecule is Cc1cc([N+](=O)[O-])ccc1C(=O)NCc1ccn[nH]1. The number of carbonyl (C=O) groups excluding carboxylic acids is 1. The van der Waals surface area contributed by atoms with E-state index < -0.39 is 4.92 Å². The molecular weight excluding hydrogens is 248 g/mol. The average molecular weight is 260 g/mol. The van der Waals surface area contributed by atoms with E-state index in [2.05, 4.69) is 15.5 Å². The summed E-state index contributed by atoms with van der Waals surface area (Å²) in [6, 6.07) is 5.90. The first-order chi connectivity index (χ1) is 9.08. The fourth-order valence-corrected chi connectivity index (χ4v) is 1.67. The lowest BCUT2D eigenvalue weighted by Gasteiger charge is -2.06. The van der Waals surface area contributed by atoms with Crippen LogP contribution in [0.2, 0.25) is 0 Å². The Labute approximate surface area is 108 Å². The van der Waals surface area contributed by atoms with Crippen LogP contribution in [0.25, 0.3) is 0 Å². The lowest BCUT2D eigenvalue weighted by molar-refractivity contribution is -0.384. The third kappa shape index (κ3) is 2.95. The number of aromatic nitrogens is 2. The molecule has 2 rings (SSSR count). The number of aromatic amines is 1. The van der Waals surface area contributed by atoms with Gasteiger partial charge < -0.3 is 5.32 Å². The highest BCUT2D eigenvalue weighted by molar-refractivity contribution is 5.95. The van der Waals surface area contributed by atoms with Crippen LogP contribution in [0.1, 0.15) is 21.6 Å². The van der Waals surface area contributed by atoms with Crippen LogP contribution in [0, 0.1) is 17.0 Å². The number of amides is 1. The highest BCUT2D eigenvalue weighted by Gasteiger charge is 2.13. The molecule has 0 aliphatic heterocycles. The number of carbonyl (C=O) groups is 1. The maximum Gasteiger partial charge on any atom is 0.269 e. The Kier molecular flexibility index (Phi) is 3.56. The molecule has 0 saturated heterocycles. The van der Waals surface area contributed by atoms with Crippen molar-refractivity contribution < 1.29 is 9.72 Å². The molecule has 0 saturated carbocycles. The van der Waals surface area contributed by atoms with Crippen molar-refractivity contribution in [1.82, 2.24) is 15.5 Å². The normalized spacial score (nSPS) is 10.2. The van der Waals surface area contributed by atoms with Crippen molar-refractivity contribution in [2.24, 2.45) is 0 Å². The molecule has 19 heavy (non-hydrogen) atoms. The Morgan fingerprint density at radius 3 is 2.84 bits per heavy atom. The number of nitro groups is 1. The van der Waals surface area contributed by atoms with Gasteiger partial charge in [-0.3, -0.25) is 20.0 Å². The number of rotatable bonds is 4. The van der Waals surface area contributed by atoms with Gasteiger partial charge in [-0.25, -0.2) is 0 Å². The molecule has 0 unspecified atom stereocenters. The predicted octanol–water partition coefficient (Wildman–Crippen LogP) is 1.56. The summed E-state index contributed by atoms with van der Waals surface area (Å²) in [5.74, 6) is -0.276. The predicted molar refractivity (Wildman–Crippen MR) is 67.6 cm³/mol. The summed E-state index contributed by atoms with van der Waals surface area (Å²) in [7, 11) is 0. The van der Waals surface area contributed by atoms with Gasteiger partial charge >= 0.3 is 0 Å². The van der Waals surface area contributed by atoms with Crippen molar-refractivity contribution in [3.63, 3.8) is 0 Å². The zero-order valence-corrected chi connectivity index (χ0v) is 10.2. The van der Waals surface area contributed by atoms with E-state index >= 15 is 0 Å². The Morgan fingerprint density at radius 2 is 2.26 bits per heavy atom. The van der Waals surface area contributed by atoms with Crippen LogP contribution in [0.5, 0.6) is 0 Å². The van der Waals surface area contributed by atoms with E-state index in [1.807, 2.05) is 0 Å². The smallest absolute Gasteiger partial charge is 0.269 e. The van der Waals surface area contributed by atoms with Crippen LogP contribution >= 0.6 is 0 Å². The average Bonchev–Trinajstić information content (AvgIpc) is 2.88. The molecule has 1 aromatic carbocycles. The summed E-state index contributed by atoms with van der Waals surface area (Å²) in [5, 5.41) is 19.8. The largest absolute Gasteiger partial charge is 0.346 e. The van der Waals surface area contributed by atoms with Crippen LogP contribution in [0.3, 0.4) is 0 Å². The molecule has 0 atom stereocenters. The van der Waals surface area contributed by atoms with E-state index in [0.717, 1.165) is 5.69 Å². The number of H-pyrrole nitrogens is 1. The molecule has 7 heteroatoms. The number of benzene rings is 1. The van der Waals surface area contributed by atoms with E-state index in [-0.39, 0.29) is 11.6 Å². The summed E-state index contributed by atoms with van der Waals surface area (Å²) < 4.78 is 0. The fourth-order valence-electron chi connectivity index (χ4n) is 1.67. The number of aryl methyl sites for hydroxylation is 1. The fraction of sp³-hybridized carbons (Fsp3) is 0.167. The summed E-state index contributed by atoms with van der Waals surface area (Å²) in [5.41, 5.74) is 1.75. The van der Waals surface area contributed by atoms with Crippen LogP contribution in [0.15, 0.2) is 30.5 Å². The van der Waals surface area contributed by atoms with Crippen LogP contribution in [0.4, 0.5) is 5.69 Å². The lowest BCUT2D eigenvalue weighted by atomic mass is 10.1. The van der Waals surface area contributed by atoms with E-state index in [0.29, 0.717) is 17.7 Å². The van der Waals surface area contributed by atoms with Crippen molar-refractivity contribution in [2.45, 2.75) is 13.5 Å². The summed E-state index contributed by atoms with van der Waals surface area (Å²) in [6.45, 7) is 1.99. The van der Waals surface area contributed by atoms with Gasteiger partial charge in [0, 0.05) is 23.9 Å². The molecule has 0 bridgehead atoms. The first-order valence-electron chi connectivity index (χ1n) is 5.59. The number of non-ortho nitro benzene ring substituents is 1. The second-order valence-corrected chi connectivity index (χ2v) is 4.02. The molecule has 2 aromatic rings.